The molecule has 0 fully saturated rings. The van der Waals surface area contributed by atoms with E-state index in [1.165, 1.54) is 5.56 Å². The van der Waals surface area contributed by atoms with Crippen LogP contribution in [0.3, 0.4) is 0 Å². The molecule has 0 atom stereocenters. The Kier molecular flexibility index (Phi) is 3.82. The minimum Gasteiger partial charge on any atom is -0.398 e. The van der Waals surface area contributed by atoms with Crippen LogP contribution >= 0.6 is 15.9 Å². The van der Waals surface area contributed by atoms with E-state index >= 15 is 0 Å². The highest BCUT2D eigenvalue weighted by Gasteiger charge is 2.08. The van der Waals surface area contributed by atoms with E-state index in [1.54, 1.807) is 18.2 Å². The van der Waals surface area contributed by atoms with Crippen molar-refractivity contribution < 1.29 is 4.79 Å². The van der Waals surface area contributed by atoms with Crippen molar-refractivity contribution >= 4 is 27.4 Å². The van der Waals surface area contributed by atoms with Gasteiger partial charge in [0.15, 0.2) is 5.78 Å². The zero-order valence-corrected chi connectivity index (χ0v) is 11.7. The molecule has 0 spiro atoms. The molecule has 0 aliphatic carbocycles. The Morgan fingerprint density at radius 2 is 2.00 bits per heavy atom. The molecule has 0 bridgehead atoms. The topological polar surface area (TPSA) is 43.1 Å². The molecule has 0 saturated carbocycles. The number of carbonyl (C=O) groups is 1. The van der Waals surface area contributed by atoms with Gasteiger partial charge < -0.3 is 5.73 Å². The first-order valence-electron chi connectivity index (χ1n) is 5.70. The molecule has 2 N–H and O–H groups in total. The fraction of sp³-hybridized carbons (Fsp3) is 0.133. The van der Waals surface area contributed by atoms with E-state index in [-0.39, 0.29) is 5.78 Å². The maximum absolute atomic E-state index is 12.1. The molecule has 0 unspecified atom stereocenters. The summed E-state index contributed by atoms with van der Waals surface area (Å²) in [4.78, 5) is 12.1. The summed E-state index contributed by atoms with van der Waals surface area (Å²) in [6, 6.07) is 13.3. The second kappa shape index (κ2) is 5.36. The number of nitrogen functional groups attached to an aromatic ring is 1. The first kappa shape index (κ1) is 12.8. The summed E-state index contributed by atoms with van der Waals surface area (Å²) in [6.07, 6.45) is 0.415. The van der Waals surface area contributed by atoms with E-state index in [0.29, 0.717) is 17.7 Å². The lowest BCUT2D eigenvalue weighted by Crippen LogP contribution is -2.04. The van der Waals surface area contributed by atoms with E-state index in [0.717, 1.165) is 10.0 Å². The van der Waals surface area contributed by atoms with Crippen molar-refractivity contribution in [2.75, 3.05) is 5.73 Å². The predicted octanol–water partition coefficient (Wildman–Crippen LogP) is 3.77. The average Bonchev–Trinajstić information content (AvgIpc) is 2.32. The number of ketones is 1. The molecule has 92 valence electrons. The van der Waals surface area contributed by atoms with E-state index in [4.69, 9.17) is 5.73 Å². The molecule has 0 heterocycles. The molecule has 3 heteroatoms. The van der Waals surface area contributed by atoms with E-state index < -0.39 is 0 Å². The van der Waals surface area contributed by atoms with Crippen LogP contribution < -0.4 is 5.73 Å². The van der Waals surface area contributed by atoms with Gasteiger partial charge in [-0.25, -0.2) is 0 Å². The summed E-state index contributed by atoms with van der Waals surface area (Å²) in [5.41, 5.74) is 9.22. The molecule has 0 aliphatic rings. The molecule has 2 aromatic carbocycles. The Bertz CT molecular complexity index is 593. The second-order valence-electron chi connectivity index (χ2n) is 4.33. The van der Waals surface area contributed by atoms with E-state index in [9.17, 15) is 4.79 Å². The van der Waals surface area contributed by atoms with Crippen molar-refractivity contribution in [2.24, 2.45) is 0 Å². The summed E-state index contributed by atoms with van der Waals surface area (Å²) >= 11 is 3.33. The number of hydrogen-bond acceptors (Lipinski definition) is 2. The maximum Gasteiger partial charge on any atom is 0.167 e. The van der Waals surface area contributed by atoms with Crippen molar-refractivity contribution in [3.8, 4) is 0 Å². The third kappa shape index (κ3) is 2.99. The number of Topliss-reactive ketones (excluding diaryl/α,β-unsaturated/α-hetero) is 1. The van der Waals surface area contributed by atoms with E-state index in [1.807, 2.05) is 31.2 Å². The molecule has 0 aromatic heterocycles. The first-order chi connectivity index (χ1) is 8.56. The van der Waals surface area contributed by atoms with Crippen LogP contribution in [0.2, 0.25) is 0 Å². The number of benzene rings is 2. The summed E-state index contributed by atoms with van der Waals surface area (Å²) in [6.45, 7) is 2.02. The molecule has 2 nitrogen and oxygen atoms in total. The van der Waals surface area contributed by atoms with Crippen LogP contribution in [0, 0.1) is 6.92 Å². The molecule has 2 rings (SSSR count). The minimum absolute atomic E-state index is 0.0984. The first-order valence-corrected chi connectivity index (χ1v) is 6.49. The highest BCUT2D eigenvalue weighted by molar-refractivity contribution is 9.10. The largest absolute Gasteiger partial charge is 0.398 e. The lowest BCUT2D eigenvalue weighted by molar-refractivity contribution is 0.0993. The molecule has 0 saturated heterocycles. The Hall–Kier alpha value is -1.61. The number of halogens is 1. The minimum atomic E-state index is 0.0984. The fourth-order valence-electron chi connectivity index (χ4n) is 1.81. The number of hydrogen-bond donors (Lipinski definition) is 1. The van der Waals surface area contributed by atoms with Gasteiger partial charge in [0.1, 0.15) is 0 Å². The smallest absolute Gasteiger partial charge is 0.167 e. The fourth-order valence-corrected chi connectivity index (χ4v) is 2.19. The van der Waals surface area contributed by atoms with Gasteiger partial charge in [0.2, 0.25) is 0 Å². The van der Waals surface area contributed by atoms with Crippen molar-refractivity contribution in [1.82, 2.24) is 0 Å². The highest BCUT2D eigenvalue weighted by Crippen LogP contribution is 2.21. The van der Waals surface area contributed by atoms with Crippen LogP contribution in [-0.4, -0.2) is 5.78 Å². The van der Waals surface area contributed by atoms with Crippen molar-refractivity contribution in [2.45, 2.75) is 13.3 Å². The van der Waals surface area contributed by atoms with Gasteiger partial charge in [-0.2, -0.15) is 0 Å². The molecular formula is C15H14BrNO. The van der Waals surface area contributed by atoms with Crippen molar-refractivity contribution in [3.63, 3.8) is 0 Å². The number of nitrogens with two attached hydrogens (primary N) is 1. The molecule has 0 radical (unpaired) electrons. The van der Waals surface area contributed by atoms with Crippen molar-refractivity contribution in [3.05, 3.63) is 63.6 Å². The summed E-state index contributed by atoms with van der Waals surface area (Å²) < 4.78 is 0.762. The van der Waals surface area contributed by atoms with Gasteiger partial charge in [0, 0.05) is 22.1 Å². The van der Waals surface area contributed by atoms with Gasteiger partial charge in [-0.3, -0.25) is 4.79 Å². The van der Waals surface area contributed by atoms with Crippen molar-refractivity contribution in [1.29, 1.82) is 0 Å². The number of anilines is 1. The zero-order valence-electron chi connectivity index (χ0n) is 10.1. The average molecular weight is 304 g/mol. The predicted molar refractivity (Wildman–Crippen MR) is 77.8 cm³/mol. The van der Waals surface area contributed by atoms with E-state index in [2.05, 4.69) is 15.9 Å². The molecule has 18 heavy (non-hydrogen) atoms. The SMILES string of the molecule is Cc1cccc(CC(=O)c2ccc(N)c(Br)c2)c1. The summed E-state index contributed by atoms with van der Waals surface area (Å²) in [7, 11) is 0. The third-order valence-electron chi connectivity index (χ3n) is 2.77. The summed E-state index contributed by atoms with van der Waals surface area (Å²) in [5.74, 6) is 0.0984. The van der Waals surface area contributed by atoms with Gasteiger partial charge in [-0.1, -0.05) is 29.8 Å². The lowest BCUT2D eigenvalue weighted by atomic mass is 10.0. The maximum atomic E-state index is 12.1. The monoisotopic (exact) mass is 303 g/mol. The standard InChI is InChI=1S/C15H14BrNO/c1-10-3-2-4-11(7-10)8-15(18)12-5-6-14(17)13(16)9-12/h2-7,9H,8,17H2,1H3. The van der Waals surface area contributed by atoms with Gasteiger partial charge in [0.05, 0.1) is 0 Å². The second-order valence-corrected chi connectivity index (χ2v) is 5.18. The van der Waals surface area contributed by atoms with Crippen LogP contribution in [0.15, 0.2) is 46.9 Å². The van der Waals surface area contributed by atoms with Gasteiger partial charge in [0.25, 0.3) is 0 Å². The molecule has 0 amide bonds. The van der Waals surface area contributed by atoms with Crippen LogP contribution in [0.1, 0.15) is 21.5 Å². The Morgan fingerprint density at radius 1 is 1.22 bits per heavy atom. The number of rotatable bonds is 3. The van der Waals surface area contributed by atoms with Crippen LogP contribution in [-0.2, 0) is 6.42 Å². The lowest BCUT2D eigenvalue weighted by Gasteiger charge is -2.04. The Labute approximate surface area is 115 Å². The Morgan fingerprint density at radius 3 is 2.67 bits per heavy atom. The van der Waals surface area contributed by atoms with Crippen LogP contribution in [0.4, 0.5) is 5.69 Å². The normalized spacial score (nSPS) is 10.3. The number of carbonyl (C=O) groups excluding carboxylic acids is 1. The van der Waals surface area contributed by atoms with Gasteiger partial charge in [-0.15, -0.1) is 0 Å². The number of aryl methyl sites for hydroxylation is 1. The molecular weight excluding hydrogens is 290 g/mol. The zero-order chi connectivity index (χ0) is 13.1. The quantitative estimate of drug-likeness (QED) is 0.693. The van der Waals surface area contributed by atoms with Crippen LogP contribution in [0.5, 0.6) is 0 Å². The van der Waals surface area contributed by atoms with Gasteiger partial charge >= 0.3 is 0 Å². The molecule has 0 aliphatic heterocycles. The summed E-state index contributed by atoms with van der Waals surface area (Å²) in [5, 5.41) is 0. The molecule has 2 aromatic rings. The van der Waals surface area contributed by atoms with Gasteiger partial charge in [-0.05, 0) is 46.6 Å². The third-order valence-corrected chi connectivity index (χ3v) is 3.46. The Balaban J connectivity index is 2.19. The van der Waals surface area contributed by atoms with Crippen LogP contribution in [0.25, 0.3) is 0 Å². The highest BCUT2D eigenvalue weighted by atomic mass is 79.9.